The minimum atomic E-state index is 0.0707. The van der Waals surface area contributed by atoms with Crippen LogP contribution in [0.1, 0.15) is 15.4 Å². The minimum absolute atomic E-state index is 0.0707. The topological polar surface area (TPSA) is 30.2 Å². The van der Waals surface area contributed by atoms with Crippen LogP contribution in [-0.4, -0.2) is 5.78 Å². The van der Waals surface area contributed by atoms with Crippen molar-refractivity contribution < 1.29 is 9.21 Å². The summed E-state index contributed by atoms with van der Waals surface area (Å²) in [5.74, 6) is 0.766. The molecule has 0 atom stereocenters. The fourth-order valence-electron chi connectivity index (χ4n) is 1.14. The Kier molecular flexibility index (Phi) is 3.43. The van der Waals surface area contributed by atoms with Gasteiger partial charge in [0, 0.05) is 4.47 Å². The van der Waals surface area contributed by atoms with Crippen LogP contribution < -0.4 is 0 Å². The summed E-state index contributed by atoms with van der Waals surface area (Å²) in [6, 6.07) is 5.40. The number of carbonyl (C=O) groups is 1. The summed E-state index contributed by atoms with van der Waals surface area (Å²) >= 11 is 8.13. The van der Waals surface area contributed by atoms with Crippen molar-refractivity contribution in [3.05, 3.63) is 43.4 Å². The molecule has 2 rings (SSSR count). The third-order valence-electron chi connectivity index (χ3n) is 1.83. The first-order valence-electron chi connectivity index (χ1n) is 4.17. The molecule has 2 aromatic heterocycles. The van der Waals surface area contributed by atoms with Crippen LogP contribution in [0.2, 0.25) is 0 Å². The van der Waals surface area contributed by atoms with E-state index in [0.717, 1.165) is 13.1 Å². The number of hydrogen-bond acceptors (Lipinski definition) is 3. The molecule has 2 heterocycles. The fourth-order valence-corrected chi connectivity index (χ4v) is 3.12. The quantitative estimate of drug-likeness (QED) is 0.773. The normalized spacial score (nSPS) is 10.5. The van der Waals surface area contributed by atoms with Gasteiger partial charge in [0.25, 0.3) is 0 Å². The molecule has 0 aliphatic heterocycles. The Labute approximate surface area is 108 Å². The maximum Gasteiger partial charge on any atom is 0.180 e. The van der Waals surface area contributed by atoms with Crippen molar-refractivity contribution in [3.8, 4) is 0 Å². The second kappa shape index (κ2) is 4.63. The molecule has 0 unspecified atom stereocenters. The average Bonchev–Trinajstić information content (AvgIpc) is 2.78. The van der Waals surface area contributed by atoms with Crippen molar-refractivity contribution in [1.29, 1.82) is 0 Å². The molecule has 0 amide bonds. The van der Waals surface area contributed by atoms with Gasteiger partial charge in [0.1, 0.15) is 5.76 Å². The van der Waals surface area contributed by atoms with E-state index in [-0.39, 0.29) is 5.78 Å². The van der Waals surface area contributed by atoms with Crippen molar-refractivity contribution in [1.82, 2.24) is 0 Å². The lowest BCUT2D eigenvalue weighted by molar-refractivity contribution is 0.0991. The zero-order chi connectivity index (χ0) is 10.8. The van der Waals surface area contributed by atoms with E-state index >= 15 is 0 Å². The molecule has 0 bridgehead atoms. The lowest BCUT2D eigenvalue weighted by Crippen LogP contribution is -1.99. The molecule has 0 N–H and O–H groups in total. The summed E-state index contributed by atoms with van der Waals surface area (Å²) in [5.41, 5.74) is 0. The Balaban J connectivity index is 2.15. The Morgan fingerprint density at radius 3 is 2.80 bits per heavy atom. The van der Waals surface area contributed by atoms with Crippen molar-refractivity contribution in [2.75, 3.05) is 0 Å². The summed E-state index contributed by atoms with van der Waals surface area (Å²) in [7, 11) is 0. The largest absolute Gasteiger partial charge is 0.469 e. The van der Waals surface area contributed by atoms with Crippen molar-refractivity contribution in [2.24, 2.45) is 0 Å². The predicted octanol–water partition coefficient (Wildman–Crippen LogP) is 4.29. The van der Waals surface area contributed by atoms with Crippen molar-refractivity contribution in [2.45, 2.75) is 6.42 Å². The second-order valence-electron chi connectivity index (χ2n) is 2.91. The van der Waals surface area contributed by atoms with Gasteiger partial charge in [-0.25, -0.2) is 0 Å². The summed E-state index contributed by atoms with van der Waals surface area (Å²) in [5, 5.41) is 0. The molecule has 15 heavy (non-hydrogen) atoms. The Hall–Kier alpha value is -0.390. The van der Waals surface area contributed by atoms with Gasteiger partial charge in [-0.15, -0.1) is 11.3 Å². The molecule has 5 heteroatoms. The molecule has 0 aliphatic carbocycles. The van der Waals surface area contributed by atoms with E-state index in [2.05, 4.69) is 31.9 Å². The van der Waals surface area contributed by atoms with Gasteiger partial charge in [0.15, 0.2) is 5.78 Å². The fraction of sp³-hybridized carbons (Fsp3) is 0.100. The molecule has 0 aliphatic rings. The molecule has 2 aromatic rings. The summed E-state index contributed by atoms with van der Waals surface area (Å²) in [6.45, 7) is 0. The summed E-state index contributed by atoms with van der Waals surface area (Å²) < 4.78 is 6.97. The van der Waals surface area contributed by atoms with E-state index in [1.54, 1.807) is 18.4 Å². The maximum atomic E-state index is 11.8. The molecular formula is C10H6Br2O2S. The van der Waals surface area contributed by atoms with E-state index in [1.165, 1.54) is 11.3 Å². The average molecular weight is 350 g/mol. The third kappa shape index (κ3) is 2.59. The molecule has 0 spiro atoms. The van der Waals surface area contributed by atoms with Crippen LogP contribution in [0.3, 0.4) is 0 Å². The van der Waals surface area contributed by atoms with Gasteiger partial charge in [-0.1, -0.05) is 0 Å². The SMILES string of the molecule is O=C(Cc1ccco1)c1cc(Br)c(Br)s1. The van der Waals surface area contributed by atoms with Crippen LogP contribution in [0.4, 0.5) is 0 Å². The Morgan fingerprint density at radius 2 is 2.27 bits per heavy atom. The van der Waals surface area contributed by atoms with Crippen LogP contribution in [0.25, 0.3) is 0 Å². The molecule has 0 aromatic carbocycles. The lowest BCUT2D eigenvalue weighted by atomic mass is 10.2. The number of hydrogen-bond donors (Lipinski definition) is 0. The third-order valence-corrected chi connectivity index (χ3v) is 5.13. The second-order valence-corrected chi connectivity index (χ2v) is 6.14. The Bertz CT molecular complexity index is 454. The highest BCUT2D eigenvalue weighted by atomic mass is 79.9. The van der Waals surface area contributed by atoms with E-state index < -0.39 is 0 Å². The van der Waals surface area contributed by atoms with Crippen molar-refractivity contribution in [3.63, 3.8) is 0 Å². The maximum absolute atomic E-state index is 11.8. The first kappa shape index (κ1) is 11.1. The number of Topliss-reactive ketones (excluding diaryl/α,β-unsaturated/α-hetero) is 1. The summed E-state index contributed by atoms with van der Waals surface area (Å²) in [6.07, 6.45) is 1.88. The molecule has 2 nitrogen and oxygen atoms in total. The highest BCUT2D eigenvalue weighted by Gasteiger charge is 2.13. The van der Waals surface area contributed by atoms with E-state index in [0.29, 0.717) is 12.2 Å². The first-order valence-corrected chi connectivity index (χ1v) is 6.57. The number of furan rings is 1. The van der Waals surface area contributed by atoms with Gasteiger partial charge in [-0.05, 0) is 50.1 Å². The van der Waals surface area contributed by atoms with Crippen LogP contribution in [0.15, 0.2) is 37.1 Å². The molecule has 0 saturated carbocycles. The van der Waals surface area contributed by atoms with E-state index in [1.807, 2.05) is 6.07 Å². The number of carbonyl (C=O) groups excluding carboxylic acids is 1. The highest BCUT2D eigenvalue weighted by molar-refractivity contribution is 9.13. The van der Waals surface area contributed by atoms with E-state index in [4.69, 9.17) is 4.42 Å². The van der Waals surface area contributed by atoms with Crippen LogP contribution in [0, 0.1) is 0 Å². The molecule has 0 radical (unpaired) electrons. The van der Waals surface area contributed by atoms with Gasteiger partial charge < -0.3 is 4.42 Å². The predicted molar refractivity (Wildman–Crippen MR) is 66.5 cm³/mol. The first-order chi connectivity index (χ1) is 7.16. The smallest absolute Gasteiger partial charge is 0.180 e. The minimum Gasteiger partial charge on any atom is -0.469 e. The number of thiophene rings is 1. The molecule has 0 saturated heterocycles. The lowest BCUT2D eigenvalue weighted by Gasteiger charge is -1.93. The number of halogens is 2. The van der Waals surface area contributed by atoms with Crippen molar-refractivity contribution >= 4 is 49.0 Å². The molecule has 78 valence electrons. The highest BCUT2D eigenvalue weighted by Crippen LogP contribution is 2.32. The standard InChI is InChI=1S/C10H6Br2O2S/c11-7-5-9(15-10(7)12)8(13)4-6-2-1-3-14-6/h1-3,5H,4H2. The number of ketones is 1. The molecular weight excluding hydrogens is 344 g/mol. The van der Waals surface area contributed by atoms with Gasteiger partial charge in [-0.2, -0.15) is 0 Å². The zero-order valence-electron chi connectivity index (χ0n) is 7.50. The number of rotatable bonds is 3. The van der Waals surface area contributed by atoms with Crippen LogP contribution in [0.5, 0.6) is 0 Å². The van der Waals surface area contributed by atoms with Gasteiger partial charge >= 0.3 is 0 Å². The van der Waals surface area contributed by atoms with Crippen LogP contribution in [-0.2, 0) is 6.42 Å². The van der Waals surface area contributed by atoms with Crippen LogP contribution >= 0.6 is 43.2 Å². The zero-order valence-corrected chi connectivity index (χ0v) is 11.5. The van der Waals surface area contributed by atoms with Gasteiger partial charge in [-0.3, -0.25) is 4.79 Å². The van der Waals surface area contributed by atoms with E-state index in [9.17, 15) is 4.79 Å². The summed E-state index contributed by atoms with van der Waals surface area (Å²) in [4.78, 5) is 12.5. The Morgan fingerprint density at radius 1 is 1.47 bits per heavy atom. The van der Waals surface area contributed by atoms with Gasteiger partial charge in [0.05, 0.1) is 21.3 Å². The van der Waals surface area contributed by atoms with Gasteiger partial charge in [0.2, 0.25) is 0 Å². The monoisotopic (exact) mass is 348 g/mol. The molecule has 0 fully saturated rings.